The molecular weight excluding hydrogens is 204 g/mol. The van der Waals surface area contributed by atoms with Crippen LogP contribution in [0.25, 0.3) is 0 Å². The number of nitrogens with zero attached hydrogens (tertiary/aromatic N) is 1. The van der Waals surface area contributed by atoms with Crippen LogP contribution in [0.4, 0.5) is 0 Å². The third kappa shape index (κ3) is 2.71. The number of rotatable bonds is 3. The molecule has 0 aliphatic carbocycles. The molecule has 2 nitrogen and oxygen atoms in total. The van der Waals surface area contributed by atoms with Gasteiger partial charge in [0.15, 0.2) is 0 Å². The van der Waals surface area contributed by atoms with Crippen molar-refractivity contribution in [2.24, 2.45) is 0 Å². The summed E-state index contributed by atoms with van der Waals surface area (Å²) in [7, 11) is 0. The van der Waals surface area contributed by atoms with Crippen LogP contribution in [-0.4, -0.2) is 9.78 Å². The first kappa shape index (κ1) is 12.5. The first-order chi connectivity index (χ1) is 6.90. The molecule has 0 atom stereocenters. The van der Waals surface area contributed by atoms with Crippen LogP contribution >= 0.6 is 12.2 Å². The highest BCUT2D eigenvalue weighted by atomic mass is 32.1. The molecule has 0 bridgehead atoms. The molecule has 3 heteroatoms. The topological polar surface area (TPSA) is 20.7 Å². The van der Waals surface area contributed by atoms with E-state index in [0.717, 1.165) is 17.5 Å². The van der Waals surface area contributed by atoms with E-state index in [2.05, 4.69) is 50.5 Å². The van der Waals surface area contributed by atoms with Gasteiger partial charge in [-0.3, -0.25) is 4.68 Å². The molecule has 1 heterocycles. The minimum atomic E-state index is 0.144. The van der Waals surface area contributed by atoms with Crippen LogP contribution in [0.3, 0.4) is 0 Å². The van der Waals surface area contributed by atoms with E-state index >= 15 is 0 Å². The van der Waals surface area contributed by atoms with Gasteiger partial charge in [-0.2, -0.15) is 0 Å². The largest absolute Gasteiger partial charge is 0.301 e. The van der Waals surface area contributed by atoms with Gasteiger partial charge < -0.3 is 5.10 Å². The standard InChI is InChI=1S/C12H22N2S/c1-6-9(7-2)14-11(15)8-10(13-14)12(3,4)5/h8-9,13H,6-7H2,1-5H3. The number of hydrogen-bond acceptors (Lipinski definition) is 1. The van der Waals surface area contributed by atoms with Gasteiger partial charge in [-0.25, -0.2) is 0 Å². The Morgan fingerprint density at radius 3 is 2.20 bits per heavy atom. The maximum Gasteiger partial charge on any atom is 0.122 e. The first-order valence-electron chi connectivity index (χ1n) is 5.72. The summed E-state index contributed by atoms with van der Waals surface area (Å²) in [5, 5.41) is 3.44. The zero-order valence-corrected chi connectivity index (χ0v) is 11.2. The molecule has 15 heavy (non-hydrogen) atoms. The second kappa shape index (κ2) is 4.52. The third-order valence-electron chi connectivity index (χ3n) is 2.86. The maximum absolute atomic E-state index is 5.38. The Balaban J connectivity index is 3.12. The lowest BCUT2D eigenvalue weighted by molar-refractivity contribution is 0.413. The normalized spacial score (nSPS) is 12.4. The summed E-state index contributed by atoms with van der Waals surface area (Å²) in [6.45, 7) is 11.0. The van der Waals surface area contributed by atoms with Crippen molar-refractivity contribution in [3.63, 3.8) is 0 Å². The number of aromatic amines is 1. The molecule has 0 saturated heterocycles. The zero-order valence-electron chi connectivity index (χ0n) is 10.4. The summed E-state index contributed by atoms with van der Waals surface area (Å²) in [4.78, 5) is 0. The summed E-state index contributed by atoms with van der Waals surface area (Å²) < 4.78 is 3.06. The predicted molar refractivity (Wildman–Crippen MR) is 67.9 cm³/mol. The van der Waals surface area contributed by atoms with Gasteiger partial charge >= 0.3 is 0 Å². The van der Waals surface area contributed by atoms with E-state index in [-0.39, 0.29) is 5.41 Å². The molecule has 0 aliphatic rings. The Labute approximate surface area is 97.7 Å². The van der Waals surface area contributed by atoms with E-state index in [1.807, 2.05) is 0 Å². The summed E-state index contributed by atoms with van der Waals surface area (Å²) in [6.07, 6.45) is 2.24. The van der Waals surface area contributed by atoms with Crippen molar-refractivity contribution in [3.8, 4) is 0 Å². The molecule has 1 aromatic rings. The summed E-state index contributed by atoms with van der Waals surface area (Å²) >= 11 is 5.38. The fourth-order valence-electron chi connectivity index (χ4n) is 1.72. The Kier molecular flexibility index (Phi) is 3.77. The molecule has 86 valence electrons. The molecule has 1 aromatic heterocycles. The fraction of sp³-hybridized carbons (Fsp3) is 0.750. The second-order valence-electron chi connectivity index (χ2n) is 5.10. The molecule has 0 unspecified atom stereocenters. The van der Waals surface area contributed by atoms with Crippen LogP contribution in [0.15, 0.2) is 6.07 Å². The van der Waals surface area contributed by atoms with Gasteiger partial charge in [0.2, 0.25) is 0 Å². The second-order valence-corrected chi connectivity index (χ2v) is 5.52. The summed E-state index contributed by atoms with van der Waals surface area (Å²) in [5.41, 5.74) is 1.37. The van der Waals surface area contributed by atoms with Crippen LogP contribution < -0.4 is 0 Å². The number of H-pyrrole nitrogens is 1. The maximum atomic E-state index is 5.38. The van der Waals surface area contributed by atoms with Gasteiger partial charge in [-0.05, 0) is 18.9 Å². The average molecular weight is 226 g/mol. The minimum absolute atomic E-state index is 0.144. The van der Waals surface area contributed by atoms with Gasteiger partial charge in [-0.1, -0.05) is 46.8 Å². The van der Waals surface area contributed by atoms with E-state index in [1.54, 1.807) is 0 Å². The van der Waals surface area contributed by atoms with Crippen molar-refractivity contribution in [2.45, 2.75) is 58.9 Å². The molecule has 1 N–H and O–H groups in total. The number of aromatic nitrogens is 2. The lowest BCUT2D eigenvalue weighted by Gasteiger charge is -2.18. The van der Waals surface area contributed by atoms with E-state index in [0.29, 0.717) is 6.04 Å². The molecule has 0 aliphatic heterocycles. The highest BCUT2D eigenvalue weighted by Crippen LogP contribution is 2.23. The number of nitrogens with one attached hydrogen (secondary N) is 1. The molecule has 0 saturated carbocycles. The SMILES string of the molecule is CCC(CC)n1[nH]c(C(C)(C)C)cc1=S. The molecule has 0 radical (unpaired) electrons. The lowest BCUT2D eigenvalue weighted by atomic mass is 9.93. The van der Waals surface area contributed by atoms with Crippen LogP contribution in [-0.2, 0) is 5.41 Å². The van der Waals surface area contributed by atoms with Crippen molar-refractivity contribution in [1.82, 2.24) is 9.78 Å². The first-order valence-corrected chi connectivity index (χ1v) is 6.13. The molecular formula is C12H22N2S. The lowest BCUT2D eigenvalue weighted by Crippen LogP contribution is -2.15. The molecule has 0 spiro atoms. The Bertz CT molecular complexity index is 364. The van der Waals surface area contributed by atoms with E-state index < -0.39 is 0 Å². The van der Waals surface area contributed by atoms with E-state index in [9.17, 15) is 0 Å². The van der Waals surface area contributed by atoms with Crippen LogP contribution in [0.5, 0.6) is 0 Å². The molecule has 0 fully saturated rings. The van der Waals surface area contributed by atoms with Gasteiger partial charge in [0.1, 0.15) is 4.64 Å². The van der Waals surface area contributed by atoms with Gasteiger partial charge in [0, 0.05) is 11.1 Å². The average Bonchev–Trinajstić information content (AvgIpc) is 2.50. The Morgan fingerprint density at radius 2 is 1.87 bits per heavy atom. The van der Waals surface area contributed by atoms with Crippen molar-refractivity contribution in [1.29, 1.82) is 0 Å². The summed E-state index contributed by atoms with van der Waals surface area (Å²) in [5.74, 6) is 0. The quantitative estimate of drug-likeness (QED) is 0.766. The monoisotopic (exact) mass is 226 g/mol. The van der Waals surface area contributed by atoms with Gasteiger partial charge in [-0.15, -0.1) is 0 Å². The van der Waals surface area contributed by atoms with Crippen molar-refractivity contribution in [2.75, 3.05) is 0 Å². The van der Waals surface area contributed by atoms with Crippen LogP contribution in [0.2, 0.25) is 0 Å². The van der Waals surface area contributed by atoms with Crippen LogP contribution in [0.1, 0.15) is 59.2 Å². The van der Waals surface area contributed by atoms with Crippen molar-refractivity contribution in [3.05, 3.63) is 16.4 Å². The molecule has 0 aromatic carbocycles. The third-order valence-corrected chi connectivity index (χ3v) is 3.18. The number of hydrogen-bond donors (Lipinski definition) is 1. The minimum Gasteiger partial charge on any atom is -0.301 e. The van der Waals surface area contributed by atoms with Crippen molar-refractivity contribution >= 4 is 12.2 Å². The Hall–Kier alpha value is -0.570. The zero-order chi connectivity index (χ0) is 11.6. The molecule has 0 amide bonds. The summed E-state index contributed by atoms with van der Waals surface area (Å²) in [6, 6.07) is 2.60. The van der Waals surface area contributed by atoms with Crippen molar-refractivity contribution < 1.29 is 0 Å². The molecule has 1 rings (SSSR count). The van der Waals surface area contributed by atoms with Crippen LogP contribution in [0, 0.1) is 4.64 Å². The predicted octanol–water partition coefficient (Wildman–Crippen LogP) is 4.20. The van der Waals surface area contributed by atoms with Gasteiger partial charge in [0.25, 0.3) is 0 Å². The van der Waals surface area contributed by atoms with E-state index in [4.69, 9.17) is 12.2 Å². The highest BCUT2D eigenvalue weighted by molar-refractivity contribution is 7.71. The van der Waals surface area contributed by atoms with Gasteiger partial charge in [0.05, 0.1) is 6.04 Å². The van der Waals surface area contributed by atoms with E-state index in [1.165, 1.54) is 5.69 Å². The fourth-order valence-corrected chi connectivity index (χ4v) is 2.03. The highest BCUT2D eigenvalue weighted by Gasteiger charge is 2.18. The Morgan fingerprint density at radius 1 is 1.33 bits per heavy atom. The smallest absolute Gasteiger partial charge is 0.122 e.